The summed E-state index contributed by atoms with van der Waals surface area (Å²) in [5.74, 6) is 0.0754. The number of amides is 2. The largest absolute Gasteiger partial charge is 0.356 e. The van der Waals surface area contributed by atoms with E-state index >= 15 is 0 Å². The number of carbonyl (C=O) groups is 2. The molecule has 0 heterocycles. The van der Waals surface area contributed by atoms with Gasteiger partial charge in [0.15, 0.2) is 0 Å². The van der Waals surface area contributed by atoms with E-state index in [1.807, 2.05) is 0 Å². The van der Waals surface area contributed by atoms with Gasteiger partial charge in [0.1, 0.15) is 0 Å². The van der Waals surface area contributed by atoms with Crippen LogP contribution < -0.4 is 32.7 Å². The Morgan fingerprint density at radius 3 is 1.64 bits per heavy atom. The van der Waals surface area contributed by atoms with Gasteiger partial charge >= 0.3 is 0 Å². The van der Waals surface area contributed by atoms with Crippen LogP contribution in [-0.2, 0) is 9.59 Å². The molecule has 232 valence electrons. The van der Waals surface area contributed by atoms with Crippen LogP contribution in [0.15, 0.2) is 0 Å². The molecule has 0 aliphatic carbocycles. The fraction of sp³-hybridized carbons (Fsp3) is 0.935. The van der Waals surface area contributed by atoms with E-state index in [4.69, 9.17) is 11.5 Å². The smallest absolute Gasteiger partial charge is 0.236 e. The maximum Gasteiger partial charge on any atom is 0.236 e. The van der Waals surface area contributed by atoms with Crippen molar-refractivity contribution in [3.63, 3.8) is 0 Å². The first-order chi connectivity index (χ1) is 19.1. The molecule has 0 unspecified atom stereocenters. The Morgan fingerprint density at radius 1 is 0.564 bits per heavy atom. The lowest BCUT2D eigenvalue weighted by atomic mass is 10.0. The SMILES string of the molecule is CCCCCCCCCCCCCCC(=O)NCCCC[C@@H](N)C(=O)NCCCNCCCCNCCCN. The second-order valence-electron chi connectivity index (χ2n) is 11.1. The van der Waals surface area contributed by atoms with Gasteiger partial charge in [-0.2, -0.15) is 0 Å². The Kier molecular flexibility index (Phi) is 30.3. The van der Waals surface area contributed by atoms with Gasteiger partial charge in [0.25, 0.3) is 0 Å². The van der Waals surface area contributed by atoms with Gasteiger partial charge in [-0.1, -0.05) is 77.6 Å². The average molecular weight is 555 g/mol. The van der Waals surface area contributed by atoms with Crippen molar-refractivity contribution in [2.45, 2.75) is 141 Å². The summed E-state index contributed by atoms with van der Waals surface area (Å²) in [4.78, 5) is 24.2. The summed E-state index contributed by atoms with van der Waals surface area (Å²) in [6.07, 6.45) is 22.9. The van der Waals surface area contributed by atoms with Crippen LogP contribution in [0.4, 0.5) is 0 Å². The quantitative estimate of drug-likeness (QED) is 0.0699. The molecular weight excluding hydrogens is 488 g/mol. The second kappa shape index (κ2) is 31.3. The highest BCUT2D eigenvalue weighted by Gasteiger charge is 2.12. The molecule has 0 spiro atoms. The van der Waals surface area contributed by atoms with Crippen LogP contribution in [0.5, 0.6) is 0 Å². The molecular formula is C31H66N6O2. The van der Waals surface area contributed by atoms with Crippen LogP contribution >= 0.6 is 0 Å². The van der Waals surface area contributed by atoms with E-state index in [0.29, 0.717) is 25.9 Å². The van der Waals surface area contributed by atoms with Crippen molar-refractivity contribution in [2.24, 2.45) is 11.5 Å². The number of carbonyl (C=O) groups excluding carboxylic acids is 2. The Labute approximate surface area is 241 Å². The molecule has 0 saturated carbocycles. The zero-order chi connectivity index (χ0) is 28.7. The molecule has 8 N–H and O–H groups in total. The summed E-state index contributed by atoms with van der Waals surface area (Å²) < 4.78 is 0. The number of hydrogen-bond acceptors (Lipinski definition) is 6. The van der Waals surface area contributed by atoms with E-state index in [0.717, 1.165) is 84.1 Å². The fourth-order valence-corrected chi connectivity index (χ4v) is 4.60. The standard InChI is InChI=1S/C31H66N6O2/c1-2-3-4-5-6-7-8-9-10-11-12-13-21-30(38)36-27-15-14-20-29(33)31(39)37-28-19-26-35-24-17-16-23-34-25-18-22-32/h29,34-35H,2-28,32-33H2,1H3,(H,36,38)(H,37,39)/t29-/m1/s1. The van der Waals surface area contributed by atoms with Crippen molar-refractivity contribution >= 4 is 11.8 Å². The van der Waals surface area contributed by atoms with Gasteiger partial charge in [-0.25, -0.2) is 0 Å². The molecule has 0 saturated heterocycles. The van der Waals surface area contributed by atoms with Crippen LogP contribution in [0, 0.1) is 0 Å². The van der Waals surface area contributed by atoms with Crippen LogP contribution in [0.3, 0.4) is 0 Å². The molecule has 0 fully saturated rings. The van der Waals surface area contributed by atoms with E-state index in [2.05, 4.69) is 28.2 Å². The zero-order valence-electron chi connectivity index (χ0n) is 25.6. The topological polar surface area (TPSA) is 134 Å². The van der Waals surface area contributed by atoms with Gasteiger partial charge in [-0.3, -0.25) is 9.59 Å². The van der Waals surface area contributed by atoms with Crippen molar-refractivity contribution in [1.29, 1.82) is 0 Å². The average Bonchev–Trinajstić information content (AvgIpc) is 2.93. The second-order valence-corrected chi connectivity index (χ2v) is 11.1. The van der Waals surface area contributed by atoms with E-state index in [9.17, 15) is 9.59 Å². The Hall–Kier alpha value is -1.22. The predicted octanol–water partition coefficient (Wildman–Crippen LogP) is 4.51. The van der Waals surface area contributed by atoms with Gasteiger partial charge in [0.2, 0.25) is 11.8 Å². The van der Waals surface area contributed by atoms with Gasteiger partial charge < -0.3 is 32.7 Å². The van der Waals surface area contributed by atoms with Crippen LogP contribution in [-0.4, -0.2) is 63.7 Å². The molecule has 39 heavy (non-hydrogen) atoms. The minimum Gasteiger partial charge on any atom is -0.356 e. The molecule has 2 amide bonds. The molecule has 8 heteroatoms. The Balaban J connectivity index is 3.39. The summed E-state index contributed by atoms with van der Waals surface area (Å²) in [6.45, 7) is 8.27. The maximum absolute atomic E-state index is 12.1. The van der Waals surface area contributed by atoms with Gasteiger partial charge in [-0.05, 0) is 84.1 Å². The number of hydrogen-bond donors (Lipinski definition) is 6. The fourth-order valence-electron chi connectivity index (χ4n) is 4.60. The summed E-state index contributed by atoms with van der Waals surface area (Å²) in [7, 11) is 0. The summed E-state index contributed by atoms with van der Waals surface area (Å²) >= 11 is 0. The molecule has 8 nitrogen and oxygen atoms in total. The van der Waals surface area contributed by atoms with Gasteiger partial charge in [0.05, 0.1) is 6.04 Å². The Bertz CT molecular complexity index is 535. The predicted molar refractivity (Wildman–Crippen MR) is 167 cm³/mol. The van der Waals surface area contributed by atoms with Crippen molar-refractivity contribution < 1.29 is 9.59 Å². The molecule has 0 aliphatic rings. The summed E-state index contributed by atoms with van der Waals surface area (Å²) in [5, 5.41) is 12.7. The van der Waals surface area contributed by atoms with Gasteiger partial charge in [-0.15, -0.1) is 0 Å². The van der Waals surface area contributed by atoms with E-state index in [-0.39, 0.29) is 11.8 Å². The minimum absolute atomic E-state index is 0.0745. The van der Waals surface area contributed by atoms with E-state index in [1.54, 1.807) is 0 Å². The van der Waals surface area contributed by atoms with E-state index < -0.39 is 6.04 Å². The van der Waals surface area contributed by atoms with Crippen molar-refractivity contribution in [3.05, 3.63) is 0 Å². The lowest BCUT2D eigenvalue weighted by Gasteiger charge is -2.12. The van der Waals surface area contributed by atoms with Crippen molar-refractivity contribution in [2.75, 3.05) is 45.8 Å². The van der Waals surface area contributed by atoms with E-state index in [1.165, 1.54) is 64.2 Å². The Morgan fingerprint density at radius 2 is 1.05 bits per heavy atom. The van der Waals surface area contributed by atoms with Crippen LogP contribution in [0.1, 0.15) is 135 Å². The van der Waals surface area contributed by atoms with Crippen LogP contribution in [0.25, 0.3) is 0 Å². The highest BCUT2D eigenvalue weighted by molar-refractivity contribution is 5.81. The molecule has 0 radical (unpaired) electrons. The molecule has 1 atom stereocenters. The molecule has 0 aromatic rings. The van der Waals surface area contributed by atoms with Crippen molar-refractivity contribution in [1.82, 2.24) is 21.3 Å². The third kappa shape index (κ3) is 29.6. The molecule has 0 aromatic carbocycles. The normalized spacial score (nSPS) is 12.0. The van der Waals surface area contributed by atoms with Gasteiger partial charge in [0, 0.05) is 19.5 Å². The number of nitrogens with one attached hydrogen (secondary N) is 4. The number of nitrogens with two attached hydrogens (primary N) is 2. The first-order valence-corrected chi connectivity index (χ1v) is 16.5. The zero-order valence-corrected chi connectivity index (χ0v) is 25.6. The maximum atomic E-state index is 12.1. The van der Waals surface area contributed by atoms with Crippen LogP contribution in [0.2, 0.25) is 0 Å². The summed E-state index contributed by atoms with van der Waals surface area (Å²) in [5.41, 5.74) is 11.5. The summed E-state index contributed by atoms with van der Waals surface area (Å²) in [6, 6.07) is -0.471. The minimum atomic E-state index is -0.471. The lowest BCUT2D eigenvalue weighted by Crippen LogP contribution is -2.41. The van der Waals surface area contributed by atoms with Crippen molar-refractivity contribution in [3.8, 4) is 0 Å². The molecule has 0 aromatic heterocycles. The third-order valence-corrected chi connectivity index (χ3v) is 7.20. The highest BCUT2D eigenvalue weighted by atomic mass is 16.2. The monoisotopic (exact) mass is 555 g/mol. The highest BCUT2D eigenvalue weighted by Crippen LogP contribution is 2.12. The first kappa shape index (κ1) is 37.8. The molecule has 0 aliphatic heterocycles. The molecule has 0 bridgehead atoms. The number of unbranched alkanes of at least 4 members (excludes halogenated alkanes) is 13. The molecule has 0 rings (SSSR count). The number of rotatable bonds is 31. The lowest BCUT2D eigenvalue weighted by molar-refractivity contribution is -0.123. The first-order valence-electron chi connectivity index (χ1n) is 16.5. The third-order valence-electron chi connectivity index (χ3n) is 7.20.